The molecular formula is C20H22N6. The molecule has 0 unspecified atom stereocenters. The van der Waals surface area contributed by atoms with Crippen LogP contribution >= 0.6 is 0 Å². The van der Waals surface area contributed by atoms with Crippen molar-refractivity contribution in [2.75, 3.05) is 17.6 Å². The number of hydrogen-bond donors (Lipinski definition) is 2. The molecule has 0 fully saturated rings. The lowest BCUT2D eigenvalue weighted by molar-refractivity contribution is 0.442. The summed E-state index contributed by atoms with van der Waals surface area (Å²) in [5.41, 5.74) is 9.28. The van der Waals surface area contributed by atoms with E-state index in [1.165, 1.54) is 0 Å². The summed E-state index contributed by atoms with van der Waals surface area (Å²) >= 11 is 0. The quantitative estimate of drug-likeness (QED) is 0.586. The summed E-state index contributed by atoms with van der Waals surface area (Å²) in [5.74, 6) is 1.46. The number of nitrogens with one attached hydrogen (secondary N) is 1. The molecule has 0 aliphatic carbocycles. The van der Waals surface area contributed by atoms with Crippen LogP contribution in [0.25, 0.3) is 28.1 Å². The number of nitrogens with zero attached hydrogens (tertiary/aromatic N) is 4. The maximum Gasteiger partial charge on any atom is 0.180 e. The van der Waals surface area contributed by atoms with Gasteiger partial charge in [0.2, 0.25) is 0 Å². The Hall–Kier alpha value is -3.15. The SMILES string of the molecule is CC(C)(C)CNc1nc(-c2cnc3ccc(N)cn23)nc2ccccc12. The van der Waals surface area contributed by atoms with E-state index in [-0.39, 0.29) is 5.41 Å². The van der Waals surface area contributed by atoms with E-state index >= 15 is 0 Å². The largest absolute Gasteiger partial charge is 0.398 e. The van der Waals surface area contributed by atoms with Gasteiger partial charge in [0.05, 0.1) is 11.7 Å². The number of rotatable bonds is 3. The van der Waals surface area contributed by atoms with E-state index in [2.05, 4.69) is 31.1 Å². The maximum atomic E-state index is 5.94. The molecule has 132 valence electrons. The smallest absolute Gasteiger partial charge is 0.180 e. The van der Waals surface area contributed by atoms with Crippen LogP contribution in [0.4, 0.5) is 11.5 Å². The van der Waals surface area contributed by atoms with E-state index < -0.39 is 0 Å². The molecule has 0 bridgehead atoms. The van der Waals surface area contributed by atoms with Crippen molar-refractivity contribution in [1.82, 2.24) is 19.4 Å². The first-order valence-corrected chi connectivity index (χ1v) is 8.64. The lowest BCUT2D eigenvalue weighted by atomic mass is 9.97. The first-order chi connectivity index (χ1) is 12.4. The first kappa shape index (κ1) is 16.3. The lowest BCUT2D eigenvalue weighted by Crippen LogP contribution is -2.20. The van der Waals surface area contributed by atoms with E-state index in [1.54, 1.807) is 6.20 Å². The number of fused-ring (bicyclic) bond motifs is 2. The summed E-state index contributed by atoms with van der Waals surface area (Å²) in [6.07, 6.45) is 3.63. The molecule has 6 nitrogen and oxygen atoms in total. The number of para-hydroxylation sites is 1. The number of nitrogen functional groups attached to an aromatic ring is 1. The Bertz CT molecular complexity index is 1090. The minimum absolute atomic E-state index is 0.143. The van der Waals surface area contributed by atoms with Gasteiger partial charge in [0, 0.05) is 23.8 Å². The van der Waals surface area contributed by atoms with Gasteiger partial charge in [-0.2, -0.15) is 0 Å². The van der Waals surface area contributed by atoms with Crippen molar-refractivity contribution in [2.45, 2.75) is 20.8 Å². The summed E-state index contributed by atoms with van der Waals surface area (Å²) in [6, 6.07) is 11.8. The van der Waals surface area contributed by atoms with Gasteiger partial charge < -0.3 is 11.1 Å². The average Bonchev–Trinajstić information content (AvgIpc) is 3.01. The fourth-order valence-electron chi connectivity index (χ4n) is 2.84. The Labute approximate surface area is 152 Å². The van der Waals surface area contributed by atoms with E-state index in [1.807, 2.05) is 47.0 Å². The minimum Gasteiger partial charge on any atom is -0.398 e. The Kier molecular flexibility index (Phi) is 3.76. The number of hydrogen-bond acceptors (Lipinski definition) is 5. The molecule has 3 N–H and O–H groups in total. The highest BCUT2D eigenvalue weighted by Crippen LogP contribution is 2.27. The molecule has 0 aliphatic heterocycles. The standard InChI is InChI=1S/C20H22N6/c1-20(2,3)12-23-18-14-6-4-5-7-15(14)24-19(25-18)16-10-22-17-9-8-13(21)11-26(16)17/h4-11H,12,21H2,1-3H3,(H,23,24,25). The molecule has 3 aromatic heterocycles. The highest BCUT2D eigenvalue weighted by atomic mass is 15.1. The molecule has 3 heterocycles. The highest BCUT2D eigenvalue weighted by molar-refractivity contribution is 5.90. The molecule has 0 atom stereocenters. The van der Waals surface area contributed by atoms with Crippen molar-refractivity contribution in [2.24, 2.45) is 5.41 Å². The van der Waals surface area contributed by atoms with Crippen LogP contribution in [0.2, 0.25) is 0 Å². The minimum atomic E-state index is 0.143. The van der Waals surface area contributed by atoms with E-state index in [0.717, 1.165) is 34.6 Å². The Morgan fingerprint density at radius 2 is 1.88 bits per heavy atom. The highest BCUT2D eigenvalue weighted by Gasteiger charge is 2.15. The topological polar surface area (TPSA) is 81.1 Å². The molecule has 4 rings (SSSR count). The molecule has 0 spiro atoms. The third kappa shape index (κ3) is 3.06. The summed E-state index contributed by atoms with van der Waals surface area (Å²) in [6.45, 7) is 7.39. The van der Waals surface area contributed by atoms with Crippen LogP contribution in [0.1, 0.15) is 20.8 Å². The van der Waals surface area contributed by atoms with Crippen molar-refractivity contribution in [3.63, 3.8) is 0 Å². The summed E-state index contributed by atoms with van der Waals surface area (Å²) in [4.78, 5) is 14.0. The predicted molar refractivity (Wildman–Crippen MR) is 106 cm³/mol. The second kappa shape index (κ2) is 5.98. The third-order valence-corrected chi connectivity index (χ3v) is 4.15. The van der Waals surface area contributed by atoms with Crippen molar-refractivity contribution in [3.8, 4) is 11.5 Å². The van der Waals surface area contributed by atoms with Crippen molar-refractivity contribution < 1.29 is 0 Å². The average molecular weight is 346 g/mol. The summed E-state index contributed by atoms with van der Waals surface area (Å²) in [7, 11) is 0. The van der Waals surface area contributed by atoms with Crippen molar-refractivity contribution in [1.29, 1.82) is 0 Å². The van der Waals surface area contributed by atoms with Crippen LogP contribution in [-0.4, -0.2) is 25.9 Å². The van der Waals surface area contributed by atoms with Gasteiger partial charge in [-0.05, 0) is 29.7 Å². The predicted octanol–water partition coefficient (Wildman–Crippen LogP) is 3.98. The maximum absolute atomic E-state index is 5.94. The van der Waals surface area contributed by atoms with Crippen LogP contribution in [0.5, 0.6) is 0 Å². The molecule has 0 amide bonds. The first-order valence-electron chi connectivity index (χ1n) is 8.64. The number of pyridine rings is 1. The van der Waals surface area contributed by atoms with Crippen LogP contribution < -0.4 is 11.1 Å². The monoisotopic (exact) mass is 346 g/mol. The zero-order chi connectivity index (χ0) is 18.3. The third-order valence-electron chi connectivity index (χ3n) is 4.15. The summed E-state index contributed by atoms with van der Waals surface area (Å²) < 4.78 is 1.92. The molecule has 0 aliphatic rings. The van der Waals surface area contributed by atoms with Crippen molar-refractivity contribution in [3.05, 3.63) is 48.8 Å². The number of imidazole rings is 1. The number of benzene rings is 1. The second-order valence-electron chi connectivity index (χ2n) is 7.66. The molecule has 0 saturated heterocycles. The Morgan fingerprint density at radius 3 is 2.69 bits per heavy atom. The van der Waals surface area contributed by atoms with E-state index in [9.17, 15) is 0 Å². The molecule has 0 radical (unpaired) electrons. The van der Waals surface area contributed by atoms with Crippen LogP contribution in [0.15, 0.2) is 48.8 Å². The molecule has 26 heavy (non-hydrogen) atoms. The van der Waals surface area contributed by atoms with Gasteiger partial charge in [0.1, 0.15) is 17.2 Å². The normalized spacial score (nSPS) is 12.0. The van der Waals surface area contributed by atoms with E-state index in [0.29, 0.717) is 11.5 Å². The Balaban J connectivity index is 1.88. The van der Waals surface area contributed by atoms with Crippen LogP contribution in [0.3, 0.4) is 0 Å². The molecule has 0 saturated carbocycles. The van der Waals surface area contributed by atoms with Gasteiger partial charge in [0.15, 0.2) is 5.82 Å². The van der Waals surface area contributed by atoms with Crippen molar-refractivity contribution >= 4 is 28.1 Å². The molecular weight excluding hydrogens is 324 g/mol. The van der Waals surface area contributed by atoms with Gasteiger partial charge in [-0.15, -0.1) is 0 Å². The molecule has 4 aromatic rings. The van der Waals surface area contributed by atoms with Gasteiger partial charge in [-0.1, -0.05) is 32.9 Å². The second-order valence-corrected chi connectivity index (χ2v) is 7.66. The Morgan fingerprint density at radius 1 is 1.08 bits per heavy atom. The zero-order valence-corrected chi connectivity index (χ0v) is 15.2. The lowest BCUT2D eigenvalue weighted by Gasteiger charge is -2.20. The van der Waals surface area contributed by atoms with Gasteiger partial charge in [-0.3, -0.25) is 4.40 Å². The van der Waals surface area contributed by atoms with Gasteiger partial charge in [-0.25, -0.2) is 15.0 Å². The fraction of sp³-hybridized carbons (Fsp3) is 0.250. The number of nitrogens with two attached hydrogens (primary N) is 1. The van der Waals surface area contributed by atoms with Crippen LogP contribution in [-0.2, 0) is 0 Å². The van der Waals surface area contributed by atoms with E-state index in [4.69, 9.17) is 15.7 Å². The molecule has 1 aromatic carbocycles. The number of anilines is 2. The van der Waals surface area contributed by atoms with Gasteiger partial charge in [0.25, 0.3) is 0 Å². The number of aromatic nitrogens is 4. The van der Waals surface area contributed by atoms with Crippen LogP contribution in [0, 0.1) is 5.41 Å². The zero-order valence-electron chi connectivity index (χ0n) is 15.2. The van der Waals surface area contributed by atoms with Gasteiger partial charge >= 0.3 is 0 Å². The molecule has 6 heteroatoms. The summed E-state index contributed by atoms with van der Waals surface area (Å²) in [5, 5.41) is 4.49. The fourth-order valence-corrected chi connectivity index (χ4v) is 2.84.